The van der Waals surface area contributed by atoms with Crippen LogP contribution in [-0.2, 0) is 4.79 Å². The summed E-state index contributed by atoms with van der Waals surface area (Å²) in [6, 6.07) is 9.84. The van der Waals surface area contributed by atoms with Crippen LogP contribution >= 0.6 is 11.8 Å². The van der Waals surface area contributed by atoms with Crippen molar-refractivity contribution in [2.75, 3.05) is 23.4 Å². The molecule has 0 bridgehead atoms. The zero-order valence-electron chi connectivity index (χ0n) is 12.8. The molecule has 2 aromatic rings. The number of nitrogens with one attached hydrogen (secondary N) is 1. The number of carbonyl (C=O) groups is 1. The lowest BCUT2D eigenvalue weighted by atomic mass is 10.3. The topological polar surface area (TPSA) is 72.9 Å². The maximum Gasteiger partial charge on any atom is 0.225 e. The molecular formula is C16H22N4OS. The van der Waals surface area contributed by atoms with E-state index in [9.17, 15) is 4.79 Å². The Morgan fingerprint density at radius 2 is 2.09 bits per heavy atom. The van der Waals surface area contributed by atoms with E-state index in [1.54, 1.807) is 16.4 Å². The number of rotatable bonds is 8. The molecule has 22 heavy (non-hydrogen) atoms. The molecule has 118 valence electrons. The predicted octanol–water partition coefficient (Wildman–Crippen LogP) is 2.59. The van der Waals surface area contributed by atoms with Gasteiger partial charge in [0, 0.05) is 12.2 Å². The highest BCUT2D eigenvalue weighted by Gasteiger charge is 2.09. The molecular weight excluding hydrogens is 296 g/mol. The van der Waals surface area contributed by atoms with Crippen molar-refractivity contribution in [3.63, 3.8) is 0 Å². The second-order valence-electron chi connectivity index (χ2n) is 4.96. The number of hydrogen-bond donors (Lipinski definition) is 2. The molecule has 0 aliphatic heterocycles. The fraction of sp³-hybridized carbons (Fsp3) is 0.375. The maximum absolute atomic E-state index is 12.0. The monoisotopic (exact) mass is 318 g/mol. The largest absolute Gasteiger partial charge is 0.330 e. The van der Waals surface area contributed by atoms with E-state index in [0.717, 1.165) is 35.0 Å². The highest BCUT2D eigenvalue weighted by molar-refractivity contribution is 7.99. The van der Waals surface area contributed by atoms with E-state index < -0.39 is 0 Å². The van der Waals surface area contributed by atoms with Gasteiger partial charge in [-0.05, 0) is 37.8 Å². The summed E-state index contributed by atoms with van der Waals surface area (Å²) in [6.45, 7) is 2.60. The second kappa shape index (κ2) is 8.60. The van der Waals surface area contributed by atoms with Gasteiger partial charge in [0.15, 0.2) is 0 Å². The van der Waals surface area contributed by atoms with E-state index in [4.69, 9.17) is 5.73 Å². The average Bonchev–Trinajstić information content (AvgIpc) is 2.89. The van der Waals surface area contributed by atoms with Crippen LogP contribution in [0.5, 0.6) is 0 Å². The van der Waals surface area contributed by atoms with E-state index in [2.05, 4.69) is 10.4 Å². The van der Waals surface area contributed by atoms with Crippen LogP contribution in [0.4, 0.5) is 5.69 Å². The first-order chi connectivity index (χ1) is 10.7. The first kappa shape index (κ1) is 16.6. The number of nitrogens with two attached hydrogens (primary N) is 1. The summed E-state index contributed by atoms with van der Waals surface area (Å²) in [4.78, 5) is 12.0. The minimum Gasteiger partial charge on any atom is -0.330 e. The van der Waals surface area contributed by atoms with Crippen molar-refractivity contribution in [2.45, 2.75) is 19.8 Å². The van der Waals surface area contributed by atoms with Gasteiger partial charge in [0.25, 0.3) is 0 Å². The summed E-state index contributed by atoms with van der Waals surface area (Å²) >= 11 is 1.76. The van der Waals surface area contributed by atoms with Crippen LogP contribution in [0.15, 0.2) is 36.5 Å². The van der Waals surface area contributed by atoms with Crippen molar-refractivity contribution < 1.29 is 4.79 Å². The van der Waals surface area contributed by atoms with Crippen LogP contribution in [0.2, 0.25) is 0 Å². The Morgan fingerprint density at radius 1 is 1.32 bits per heavy atom. The third kappa shape index (κ3) is 4.89. The molecule has 1 aromatic carbocycles. The first-order valence-electron chi connectivity index (χ1n) is 7.40. The quantitative estimate of drug-likeness (QED) is 0.734. The Balaban J connectivity index is 1.88. The number of carbonyl (C=O) groups excluding carboxylic acids is 1. The van der Waals surface area contributed by atoms with E-state index in [1.807, 2.05) is 43.5 Å². The van der Waals surface area contributed by atoms with Gasteiger partial charge in [-0.15, -0.1) is 0 Å². The van der Waals surface area contributed by atoms with Gasteiger partial charge in [0.05, 0.1) is 23.3 Å². The third-order valence-electron chi connectivity index (χ3n) is 3.16. The van der Waals surface area contributed by atoms with Gasteiger partial charge in [-0.3, -0.25) is 4.79 Å². The summed E-state index contributed by atoms with van der Waals surface area (Å²) in [5.41, 5.74) is 7.99. The third-order valence-corrected chi connectivity index (χ3v) is 4.23. The van der Waals surface area contributed by atoms with Gasteiger partial charge in [-0.2, -0.15) is 16.9 Å². The van der Waals surface area contributed by atoms with Gasteiger partial charge in [-0.1, -0.05) is 18.2 Å². The Morgan fingerprint density at radius 3 is 2.82 bits per heavy atom. The molecule has 6 heteroatoms. The number of para-hydroxylation sites is 1. The van der Waals surface area contributed by atoms with Crippen LogP contribution in [-0.4, -0.2) is 33.7 Å². The van der Waals surface area contributed by atoms with Gasteiger partial charge in [0.1, 0.15) is 0 Å². The summed E-state index contributed by atoms with van der Waals surface area (Å²) < 4.78 is 1.78. The number of amides is 1. The molecule has 1 heterocycles. The predicted molar refractivity (Wildman–Crippen MR) is 92.5 cm³/mol. The van der Waals surface area contributed by atoms with Crippen LogP contribution < -0.4 is 11.1 Å². The van der Waals surface area contributed by atoms with Crippen molar-refractivity contribution in [3.05, 3.63) is 42.2 Å². The smallest absolute Gasteiger partial charge is 0.225 e. The van der Waals surface area contributed by atoms with Crippen LogP contribution in [0.3, 0.4) is 0 Å². The normalized spacial score (nSPS) is 10.6. The molecule has 2 rings (SSSR count). The summed E-state index contributed by atoms with van der Waals surface area (Å²) in [5, 5.41) is 7.37. The molecule has 1 amide bonds. The SMILES string of the molecule is Cc1nn(-c2ccccc2)cc1NC(=O)CCSCCCN. The van der Waals surface area contributed by atoms with Gasteiger partial charge in [0.2, 0.25) is 5.91 Å². The molecule has 0 atom stereocenters. The molecule has 0 aliphatic carbocycles. The Labute approximate surface area is 135 Å². The van der Waals surface area contributed by atoms with Gasteiger partial charge < -0.3 is 11.1 Å². The van der Waals surface area contributed by atoms with E-state index in [0.29, 0.717) is 13.0 Å². The van der Waals surface area contributed by atoms with E-state index in [1.165, 1.54) is 0 Å². The second-order valence-corrected chi connectivity index (χ2v) is 6.19. The molecule has 1 aromatic heterocycles. The lowest BCUT2D eigenvalue weighted by Crippen LogP contribution is -2.12. The van der Waals surface area contributed by atoms with Gasteiger partial charge in [-0.25, -0.2) is 4.68 Å². The number of thioether (sulfide) groups is 1. The van der Waals surface area contributed by atoms with Crippen LogP contribution in [0, 0.1) is 6.92 Å². The zero-order valence-corrected chi connectivity index (χ0v) is 13.6. The first-order valence-corrected chi connectivity index (χ1v) is 8.55. The van der Waals surface area contributed by atoms with Crippen molar-refractivity contribution in [1.82, 2.24) is 9.78 Å². The van der Waals surface area contributed by atoms with Crippen molar-refractivity contribution >= 4 is 23.4 Å². The lowest BCUT2D eigenvalue weighted by molar-refractivity contribution is -0.115. The summed E-state index contributed by atoms with van der Waals surface area (Å²) in [5.74, 6) is 1.85. The molecule has 0 spiro atoms. The molecule has 0 fully saturated rings. The fourth-order valence-corrected chi connectivity index (χ4v) is 2.87. The number of hydrogen-bond acceptors (Lipinski definition) is 4. The van der Waals surface area contributed by atoms with E-state index >= 15 is 0 Å². The number of anilines is 1. The Hall–Kier alpha value is -1.79. The number of aromatic nitrogens is 2. The van der Waals surface area contributed by atoms with Crippen molar-refractivity contribution in [2.24, 2.45) is 5.73 Å². The van der Waals surface area contributed by atoms with E-state index in [-0.39, 0.29) is 5.91 Å². The van der Waals surface area contributed by atoms with Crippen molar-refractivity contribution in [3.8, 4) is 5.69 Å². The molecule has 5 nitrogen and oxygen atoms in total. The van der Waals surface area contributed by atoms with Crippen LogP contribution in [0.25, 0.3) is 5.69 Å². The number of benzene rings is 1. The Bertz CT molecular complexity index is 597. The number of aryl methyl sites for hydroxylation is 1. The zero-order chi connectivity index (χ0) is 15.8. The number of nitrogens with zero attached hydrogens (tertiary/aromatic N) is 2. The molecule has 0 radical (unpaired) electrons. The molecule has 0 unspecified atom stereocenters. The molecule has 0 saturated carbocycles. The highest BCUT2D eigenvalue weighted by Crippen LogP contribution is 2.17. The Kier molecular flexibility index (Phi) is 6.48. The maximum atomic E-state index is 12.0. The molecule has 3 N–H and O–H groups in total. The fourth-order valence-electron chi connectivity index (χ4n) is 1.96. The van der Waals surface area contributed by atoms with Crippen molar-refractivity contribution in [1.29, 1.82) is 0 Å². The molecule has 0 aliphatic rings. The summed E-state index contributed by atoms with van der Waals surface area (Å²) in [7, 11) is 0. The van der Waals surface area contributed by atoms with Gasteiger partial charge >= 0.3 is 0 Å². The lowest BCUT2D eigenvalue weighted by Gasteiger charge is -2.03. The van der Waals surface area contributed by atoms with Crippen LogP contribution in [0.1, 0.15) is 18.5 Å². The summed E-state index contributed by atoms with van der Waals surface area (Å²) in [6.07, 6.45) is 3.35. The average molecular weight is 318 g/mol. The minimum atomic E-state index is 0.0240. The molecule has 0 saturated heterocycles. The highest BCUT2D eigenvalue weighted by atomic mass is 32.2. The minimum absolute atomic E-state index is 0.0240. The standard InChI is InChI=1S/C16H22N4OS/c1-13-15(18-16(21)8-11-22-10-5-9-17)12-20(19-13)14-6-3-2-4-7-14/h2-4,6-7,12H,5,8-11,17H2,1H3,(H,18,21).